The van der Waals surface area contributed by atoms with Crippen molar-refractivity contribution in [1.29, 1.82) is 0 Å². The van der Waals surface area contributed by atoms with Crippen molar-refractivity contribution in [2.75, 3.05) is 9.80 Å². The van der Waals surface area contributed by atoms with E-state index in [1.807, 2.05) is 6.20 Å². The number of aromatic nitrogens is 2. The van der Waals surface area contributed by atoms with Crippen molar-refractivity contribution in [2.24, 2.45) is 5.41 Å². The van der Waals surface area contributed by atoms with Crippen LogP contribution in [0.1, 0.15) is 148 Å². The van der Waals surface area contributed by atoms with E-state index in [-0.39, 0.29) is 49.1 Å². The summed E-state index contributed by atoms with van der Waals surface area (Å²) in [6.45, 7) is 34.3. The van der Waals surface area contributed by atoms with Gasteiger partial charge in [-0.05, 0) is 104 Å². The molecule has 2 aromatic heterocycles. The summed E-state index contributed by atoms with van der Waals surface area (Å²) in [6, 6.07) is 64.9. The molecule has 0 atom stereocenters. The molecule has 0 bridgehead atoms. The Kier molecular flexibility index (Phi) is 14.7. The van der Waals surface area contributed by atoms with Gasteiger partial charge in [-0.2, -0.15) is 0 Å². The first kappa shape index (κ1) is 54.1. The van der Waals surface area contributed by atoms with E-state index in [0.717, 1.165) is 55.8 Å². The van der Waals surface area contributed by atoms with E-state index >= 15 is 0 Å². The van der Waals surface area contributed by atoms with Crippen LogP contribution in [0.25, 0.3) is 38.8 Å². The molecule has 5 nitrogen and oxygen atoms in total. The van der Waals surface area contributed by atoms with Gasteiger partial charge in [-0.15, -0.1) is 53.8 Å². The Morgan fingerprint density at radius 1 is 0.553 bits per heavy atom. The molecule has 76 heavy (non-hydrogen) atoms. The van der Waals surface area contributed by atoms with Crippen molar-refractivity contribution in [1.82, 2.24) is 9.55 Å². The SMILES string of the molecule is CC(C)c1cccc(C(C)C)c1-c1cc(Oc2[c-]c3c(c(C(C)(C)c4ccccc4)c2)c2ccccc2n3-c2cc(C(C)(C)c3ccccc3)ccn2)[c-]c(N2[CH-]N(c3cccc(C(C)(C)C)c3)C=C2C(C)(C)C)c1.[Pt]. The van der Waals surface area contributed by atoms with Gasteiger partial charge in [0.1, 0.15) is 5.82 Å². The number of hydrogen-bond acceptors (Lipinski definition) is 4. The zero-order chi connectivity index (χ0) is 53.2. The Hall–Kier alpha value is -6.68. The van der Waals surface area contributed by atoms with Gasteiger partial charge in [-0.3, -0.25) is 0 Å². The van der Waals surface area contributed by atoms with Crippen LogP contribution < -0.4 is 14.5 Å². The van der Waals surface area contributed by atoms with E-state index in [2.05, 4.69) is 294 Å². The second-order valence-corrected chi connectivity index (χ2v) is 24.3. The average molecular weight is 1180 g/mol. The van der Waals surface area contributed by atoms with Gasteiger partial charge < -0.3 is 19.1 Å². The Morgan fingerprint density at radius 3 is 1.78 bits per heavy atom. The van der Waals surface area contributed by atoms with Crippen molar-refractivity contribution >= 4 is 33.2 Å². The normalized spacial score (nSPS) is 13.5. The molecule has 6 heteroatoms. The number of anilines is 2. The Labute approximate surface area is 467 Å². The van der Waals surface area contributed by atoms with Gasteiger partial charge in [0.25, 0.3) is 0 Å². The van der Waals surface area contributed by atoms with Crippen LogP contribution in [-0.4, -0.2) is 9.55 Å². The van der Waals surface area contributed by atoms with Crippen molar-refractivity contribution in [3.8, 4) is 28.4 Å². The fraction of sp³-hybridized carbons (Fsp3) is 0.286. The Bertz CT molecular complexity index is 3560. The van der Waals surface area contributed by atoms with Gasteiger partial charge in [-0.25, -0.2) is 4.98 Å². The van der Waals surface area contributed by atoms with Gasteiger partial charge in [-0.1, -0.05) is 217 Å². The van der Waals surface area contributed by atoms with E-state index in [1.165, 1.54) is 38.9 Å². The van der Waals surface area contributed by atoms with E-state index in [4.69, 9.17) is 9.72 Å². The van der Waals surface area contributed by atoms with E-state index in [9.17, 15) is 0 Å². The van der Waals surface area contributed by atoms with Gasteiger partial charge >= 0.3 is 0 Å². The molecule has 0 unspecified atom stereocenters. The molecule has 1 aliphatic rings. The fourth-order valence-corrected chi connectivity index (χ4v) is 11.0. The summed E-state index contributed by atoms with van der Waals surface area (Å²) in [5.41, 5.74) is 15.2. The second-order valence-electron chi connectivity index (χ2n) is 24.3. The summed E-state index contributed by atoms with van der Waals surface area (Å²) in [4.78, 5) is 9.73. The number of nitrogens with zero attached hydrogens (tertiary/aromatic N) is 4. The van der Waals surface area contributed by atoms with Crippen molar-refractivity contribution in [3.63, 3.8) is 0 Å². The van der Waals surface area contributed by atoms with E-state index in [0.29, 0.717) is 11.5 Å². The van der Waals surface area contributed by atoms with Crippen LogP contribution in [0.3, 0.4) is 0 Å². The number of pyridine rings is 1. The molecule has 1 aliphatic heterocycles. The van der Waals surface area contributed by atoms with Crippen LogP contribution in [0.15, 0.2) is 176 Å². The maximum Gasteiger partial charge on any atom is 0.135 e. The molecule has 0 radical (unpaired) electrons. The molecular formula is C70H73N4OPt-3. The van der Waals surface area contributed by atoms with Gasteiger partial charge in [0.15, 0.2) is 0 Å². The summed E-state index contributed by atoms with van der Waals surface area (Å²) >= 11 is 0. The minimum absolute atomic E-state index is 0. The molecule has 10 rings (SSSR count). The van der Waals surface area contributed by atoms with Gasteiger partial charge in [0.2, 0.25) is 0 Å². The third-order valence-corrected chi connectivity index (χ3v) is 15.5. The molecule has 3 heterocycles. The molecule has 0 aliphatic carbocycles. The van der Waals surface area contributed by atoms with Crippen LogP contribution in [0.4, 0.5) is 11.4 Å². The van der Waals surface area contributed by atoms with Crippen molar-refractivity contribution in [3.05, 3.63) is 234 Å². The summed E-state index contributed by atoms with van der Waals surface area (Å²) in [7, 11) is 0. The molecule has 0 fully saturated rings. The zero-order valence-corrected chi connectivity index (χ0v) is 49.2. The largest absolute Gasteiger partial charge is 0.509 e. The zero-order valence-electron chi connectivity index (χ0n) is 46.9. The first-order valence-corrected chi connectivity index (χ1v) is 26.8. The summed E-state index contributed by atoms with van der Waals surface area (Å²) < 4.78 is 9.70. The molecule has 0 spiro atoms. The third-order valence-electron chi connectivity index (χ3n) is 15.5. The molecular weight excluding hydrogens is 1110 g/mol. The van der Waals surface area contributed by atoms with E-state index < -0.39 is 5.41 Å². The molecule has 0 amide bonds. The molecule has 0 N–H and O–H groups in total. The van der Waals surface area contributed by atoms with Gasteiger partial charge in [0.05, 0.1) is 0 Å². The molecule has 7 aromatic carbocycles. The summed E-state index contributed by atoms with van der Waals surface area (Å²) in [5, 5.41) is 2.25. The number of benzene rings is 7. The summed E-state index contributed by atoms with van der Waals surface area (Å²) in [6.07, 6.45) is 4.23. The maximum atomic E-state index is 7.41. The smallest absolute Gasteiger partial charge is 0.135 e. The molecule has 0 saturated heterocycles. The Morgan fingerprint density at radius 2 is 1.14 bits per heavy atom. The topological polar surface area (TPSA) is 33.5 Å². The van der Waals surface area contributed by atoms with Crippen LogP contribution in [-0.2, 0) is 37.3 Å². The number of allylic oxidation sites excluding steroid dienone is 1. The molecule has 392 valence electrons. The van der Waals surface area contributed by atoms with Crippen LogP contribution in [0, 0.1) is 24.2 Å². The van der Waals surface area contributed by atoms with Crippen LogP contribution in [0.5, 0.6) is 11.5 Å². The first-order valence-electron chi connectivity index (χ1n) is 26.8. The molecule has 0 saturated carbocycles. The number of hydrogen-bond donors (Lipinski definition) is 0. The minimum Gasteiger partial charge on any atom is -0.509 e. The first-order chi connectivity index (χ1) is 35.6. The monoisotopic (exact) mass is 1180 g/mol. The summed E-state index contributed by atoms with van der Waals surface area (Å²) in [5.74, 6) is 2.61. The predicted molar refractivity (Wildman–Crippen MR) is 315 cm³/mol. The quantitative estimate of drug-likeness (QED) is 0.114. The molecule has 9 aromatic rings. The van der Waals surface area contributed by atoms with E-state index in [1.54, 1.807) is 0 Å². The van der Waals surface area contributed by atoms with Crippen molar-refractivity contribution < 1.29 is 25.8 Å². The fourth-order valence-electron chi connectivity index (χ4n) is 11.0. The second kappa shape index (κ2) is 20.7. The number of rotatable bonds is 12. The number of ether oxygens (including phenoxy) is 1. The third kappa shape index (κ3) is 10.2. The minimum atomic E-state index is -0.448. The van der Waals surface area contributed by atoms with Crippen molar-refractivity contribution in [2.45, 2.75) is 125 Å². The number of para-hydroxylation sites is 1. The Balaban J connectivity index is 0.00000706. The standard InChI is InChI=1S/C70H73N4O.Pt/c1-46(2)57-32-24-33-58(47(3)4)65(57)48-37-54(73-45-72(44-63(73)68(8,9)10)53-30-23-29-51(39-53)67(5,6)7)41-55(38-48)75-56-42-60(70(13,14)50-27-19-16-20-28-50)66-59-31-21-22-34-61(59)74(62(66)43-56)64-40-52(35-36-71-64)69(11,12)49-25-17-15-18-26-49;/h15-40,42,44-47H,1-14H3;/q-3;. The maximum absolute atomic E-state index is 7.41. The average Bonchev–Trinajstić information content (AvgIpc) is 4.00. The van der Waals surface area contributed by atoms with Crippen LogP contribution >= 0.6 is 0 Å². The predicted octanol–water partition coefficient (Wildman–Crippen LogP) is 18.8. The van der Waals surface area contributed by atoms with Gasteiger partial charge in [0, 0.05) is 66.5 Å². The number of fused-ring (bicyclic) bond motifs is 3. The van der Waals surface area contributed by atoms with Crippen LogP contribution in [0.2, 0.25) is 0 Å².